The minimum absolute atomic E-state index is 0. The maximum Gasteiger partial charge on any atom is 0.00359 e. The maximum absolute atomic E-state index is 2.41. The van der Waals surface area contributed by atoms with Gasteiger partial charge in [0.2, 0.25) is 0 Å². The van der Waals surface area contributed by atoms with E-state index in [0.717, 1.165) is 0 Å². The minimum Gasteiger partial charge on any atom is -0.0860 e. The summed E-state index contributed by atoms with van der Waals surface area (Å²) in [6.07, 6.45) is 1.20. The van der Waals surface area contributed by atoms with Gasteiger partial charge in [-0.15, -0.1) is 0 Å². The Morgan fingerprint density at radius 3 is 2.45 bits per heavy atom. The smallest absolute Gasteiger partial charge is 0.00359 e. The molecule has 0 atom stereocenters. The van der Waals surface area contributed by atoms with Crippen molar-refractivity contribution in [1.29, 1.82) is 0 Å². The molecule has 1 rings (SSSR count). The molecule has 0 aromatic heterocycles. The van der Waals surface area contributed by atoms with Gasteiger partial charge in [0, 0.05) is 23.9 Å². The molecule has 0 aliphatic heterocycles. The Kier molecular flexibility index (Phi) is 6.45. The van der Waals surface area contributed by atoms with Gasteiger partial charge in [0.25, 0.3) is 0 Å². The van der Waals surface area contributed by atoms with Gasteiger partial charge in [0.15, 0.2) is 0 Å². The molecule has 0 spiro atoms. The monoisotopic (exact) mass is 310 g/mol. The molecule has 2 heteroatoms. The first-order valence-corrected chi connectivity index (χ1v) is 4.97. The number of rotatable bonds is 2. The summed E-state index contributed by atoms with van der Waals surface area (Å²) in [7, 11) is 0. The Bertz CT molecular complexity index is 210. The van der Waals surface area contributed by atoms with Crippen molar-refractivity contribution in [2.45, 2.75) is 13.3 Å². The third-order valence-electron chi connectivity index (χ3n) is 1.63. The van der Waals surface area contributed by atoms with Crippen molar-refractivity contribution in [3.05, 3.63) is 35.4 Å². The predicted octanol–water partition coefficient (Wildman–Crippen LogP) is 2.97. The third kappa shape index (κ3) is 3.66. The zero-order valence-corrected chi connectivity index (χ0v) is 11.9. The fraction of sp³-hybridized carbons (Fsp3) is 0.333. The normalized spacial score (nSPS) is 8.91. The van der Waals surface area contributed by atoms with Gasteiger partial charge in [-0.05, 0) is 24.5 Å². The second-order valence-corrected chi connectivity index (χ2v) is 3.44. The number of halogens is 1. The predicted molar refractivity (Wildman–Crippen MR) is 53.8 cm³/mol. The van der Waals surface area contributed by atoms with E-state index in [-0.39, 0.29) is 19.5 Å². The van der Waals surface area contributed by atoms with Crippen LogP contribution in [0.2, 0.25) is 0 Å². The van der Waals surface area contributed by atoms with E-state index in [4.69, 9.17) is 0 Å². The summed E-state index contributed by atoms with van der Waals surface area (Å²) >= 11 is 2.41. The quantitative estimate of drug-likeness (QED) is 0.447. The number of alkyl halides is 1. The summed E-state index contributed by atoms with van der Waals surface area (Å²) in [6, 6.07) is 8.57. The Morgan fingerprint density at radius 1 is 1.27 bits per heavy atom. The third-order valence-corrected chi connectivity index (χ3v) is 2.16. The minimum atomic E-state index is 0. The SMILES string of the molecule is Cc1ccccc1CCI.[Zn]. The Hall–Kier alpha value is 0.573. The fourth-order valence-electron chi connectivity index (χ4n) is 0.992. The van der Waals surface area contributed by atoms with Crippen molar-refractivity contribution < 1.29 is 19.5 Å². The average Bonchev–Trinajstić information content (AvgIpc) is 1.94. The summed E-state index contributed by atoms with van der Waals surface area (Å²) in [5, 5.41) is 0. The average molecular weight is 311 g/mol. The molecule has 0 saturated carbocycles. The van der Waals surface area contributed by atoms with Crippen molar-refractivity contribution in [2.24, 2.45) is 0 Å². The van der Waals surface area contributed by atoms with E-state index in [2.05, 4.69) is 53.8 Å². The molecule has 0 nitrogen and oxygen atoms in total. The molecule has 1 aromatic rings. The van der Waals surface area contributed by atoms with Gasteiger partial charge in [0.1, 0.15) is 0 Å². The van der Waals surface area contributed by atoms with E-state index in [0.29, 0.717) is 0 Å². The van der Waals surface area contributed by atoms with E-state index in [1.54, 1.807) is 0 Å². The number of aryl methyl sites for hydroxylation is 2. The molecule has 0 aliphatic rings. The molecular weight excluding hydrogens is 300 g/mol. The molecule has 0 fully saturated rings. The topological polar surface area (TPSA) is 0 Å². The molecule has 56 valence electrons. The van der Waals surface area contributed by atoms with E-state index in [1.807, 2.05) is 0 Å². The number of hydrogen-bond acceptors (Lipinski definition) is 0. The molecule has 0 N–H and O–H groups in total. The summed E-state index contributed by atoms with van der Waals surface area (Å²) in [4.78, 5) is 0. The van der Waals surface area contributed by atoms with Crippen LogP contribution in [0.15, 0.2) is 24.3 Å². The van der Waals surface area contributed by atoms with Crippen LogP contribution in [-0.2, 0) is 25.9 Å². The van der Waals surface area contributed by atoms with Gasteiger partial charge in [-0.2, -0.15) is 0 Å². The van der Waals surface area contributed by atoms with Crippen molar-refractivity contribution >= 4 is 22.6 Å². The van der Waals surface area contributed by atoms with E-state index in [1.165, 1.54) is 22.0 Å². The molecule has 0 heterocycles. The van der Waals surface area contributed by atoms with Crippen LogP contribution in [-0.4, -0.2) is 4.43 Å². The second kappa shape index (κ2) is 6.13. The first-order chi connectivity index (χ1) is 4.84. The Labute approximate surface area is 94.7 Å². The Balaban J connectivity index is 0.000001000. The molecule has 0 saturated heterocycles. The van der Waals surface area contributed by atoms with E-state index in [9.17, 15) is 0 Å². The van der Waals surface area contributed by atoms with Crippen molar-refractivity contribution in [3.8, 4) is 0 Å². The van der Waals surface area contributed by atoms with Crippen LogP contribution >= 0.6 is 22.6 Å². The largest absolute Gasteiger partial charge is 0.0860 e. The molecular formula is C9H11IZn. The van der Waals surface area contributed by atoms with Crippen LogP contribution in [0.1, 0.15) is 11.1 Å². The van der Waals surface area contributed by atoms with E-state index >= 15 is 0 Å². The number of hydrogen-bond donors (Lipinski definition) is 0. The first-order valence-electron chi connectivity index (χ1n) is 3.45. The van der Waals surface area contributed by atoms with Crippen LogP contribution in [0.3, 0.4) is 0 Å². The standard InChI is InChI=1S/C9H11I.Zn/c1-8-4-2-3-5-9(8)6-7-10;/h2-5H,6-7H2,1H3;. The van der Waals surface area contributed by atoms with E-state index < -0.39 is 0 Å². The van der Waals surface area contributed by atoms with Crippen molar-refractivity contribution in [3.63, 3.8) is 0 Å². The summed E-state index contributed by atoms with van der Waals surface area (Å²) in [5.41, 5.74) is 2.90. The van der Waals surface area contributed by atoms with Gasteiger partial charge in [-0.1, -0.05) is 46.9 Å². The van der Waals surface area contributed by atoms with Crippen LogP contribution in [0.4, 0.5) is 0 Å². The Morgan fingerprint density at radius 2 is 1.91 bits per heavy atom. The zero-order valence-electron chi connectivity index (χ0n) is 6.81. The van der Waals surface area contributed by atoms with Gasteiger partial charge in [-0.25, -0.2) is 0 Å². The summed E-state index contributed by atoms with van der Waals surface area (Å²) < 4.78 is 1.21. The van der Waals surface area contributed by atoms with Gasteiger partial charge < -0.3 is 0 Å². The molecule has 0 aliphatic carbocycles. The van der Waals surface area contributed by atoms with Crippen molar-refractivity contribution in [2.75, 3.05) is 4.43 Å². The first kappa shape index (κ1) is 11.6. The molecule has 0 bridgehead atoms. The van der Waals surface area contributed by atoms with Crippen LogP contribution in [0.5, 0.6) is 0 Å². The summed E-state index contributed by atoms with van der Waals surface area (Å²) in [5.74, 6) is 0. The van der Waals surface area contributed by atoms with Crippen molar-refractivity contribution in [1.82, 2.24) is 0 Å². The van der Waals surface area contributed by atoms with Gasteiger partial charge in [-0.3, -0.25) is 0 Å². The van der Waals surface area contributed by atoms with Gasteiger partial charge in [0.05, 0.1) is 0 Å². The zero-order chi connectivity index (χ0) is 7.40. The molecule has 0 radical (unpaired) electrons. The molecule has 0 unspecified atom stereocenters. The summed E-state index contributed by atoms with van der Waals surface area (Å²) in [6.45, 7) is 2.17. The van der Waals surface area contributed by atoms with Crippen LogP contribution < -0.4 is 0 Å². The second-order valence-electron chi connectivity index (χ2n) is 2.37. The molecule has 11 heavy (non-hydrogen) atoms. The number of benzene rings is 1. The van der Waals surface area contributed by atoms with Crippen LogP contribution in [0.25, 0.3) is 0 Å². The van der Waals surface area contributed by atoms with Gasteiger partial charge >= 0.3 is 0 Å². The maximum atomic E-state index is 2.41. The van der Waals surface area contributed by atoms with Crippen LogP contribution in [0, 0.1) is 6.92 Å². The molecule has 1 aromatic carbocycles. The fourth-order valence-corrected chi connectivity index (χ4v) is 1.57. The molecule has 0 amide bonds.